The molecule has 1 rings (SSSR count). The minimum Gasteiger partial charge on any atom is -0.304 e. The van der Waals surface area contributed by atoms with Crippen LogP contribution in [0.25, 0.3) is 0 Å². The quantitative estimate of drug-likeness (QED) is 0.439. The first-order valence-corrected chi connectivity index (χ1v) is 6.53. The monoisotopic (exact) mass is 251 g/mol. The van der Waals surface area contributed by atoms with Crippen LogP contribution in [0.4, 0.5) is 0 Å². The third-order valence-corrected chi connectivity index (χ3v) is 2.96. The molecule has 0 unspecified atom stereocenters. The molecule has 1 fully saturated rings. The van der Waals surface area contributed by atoms with Gasteiger partial charge >= 0.3 is 0 Å². The van der Waals surface area contributed by atoms with E-state index in [1.54, 1.807) is 18.0 Å². The van der Waals surface area contributed by atoms with Crippen LogP contribution in [0.2, 0.25) is 0 Å². The maximum Gasteiger partial charge on any atom is 0.207 e. The Hall–Kier alpha value is -1.35. The Morgan fingerprint density at radius 2 is 2.12 bits per heavy atom. The first kappa shape index (κ1) is 13.7. The average molecular weight is 251 g/mol. The van der Waals surface area contributed by atoms with E-state index in [0.29, 0.717) is 11.7 Å². The molecule has 0 saturated carbocycles. The number of amidine groups is 2. The van der Waals surface area contributed by atoms with Crippen molar-refractivity contribution in [1.29, 1.82) is 5.26 Å². The van der Waals surface area contributed by atoms with Crippen molar-refractivity contribution >= 4 is 29.0 Å². The first-order chi connectivity index (χ1) is 8.06. The number of thioether (sulfide) groups is 1. The fourth-order valence-corrected chi connectivity index (χ4v) is 2.36. The molecule has 0 amide bonds. The van der Waals surface area contributed by atoms with Gasteiger partial charge in [0.2, 0.25) is 6.19 Å². The predicted octanol–water partition coefficient (Wildman–Crippen LogP) is 2.32. The van der Waals surface area contributed by atoms with E-state index in [2.05, 4.69) is 15.2 Å². The van der Waals surface area contributed by atoms with Crippen molar-refractivity contribution in [1.82, 2.24) is 4.90 Å². The molecule has 1 aliphatic heterocycles. The van der Waals surface area contributed by atoms with Gasteiger partial charge in [-0.3, -0.25) is 0 Å². The van der Waals surface area contributed by atoms with Gasteiger partial charge in [-0.25, -0.2) is 0 Å². The van der Waals surface area contributed by atoms with E-state index in [1.165, 1.54) is 0 Å². The van der Waals surface area contributed by atoms with Crippen LogP contribution in [0.15, 0.2) is 15.2 Å². The van der Waals surface area contributed by atoms with E-state index >= 15 is 0 Å². The van der Waals surface area contributed by atoms with Gasteiger partial charge in [0.25, 0.3) is 0 Å². The Labute approximate surface area is 106 Å². The summed E-state index contributed by atoms with van der Waals surface area (Å²) < 4.78 is 0. The molecule has 5 nitrogen and oxygen atoms in total. The van der Waals surface area contributed by atoms with Crippen LogP contribution in [-0.4, -0.2) is 33.9 Å². The topological polar surface area (TPSA) is 64.1 Å². The summed E-state index contributed by atoms with van der Waals surface area (Å²) in [6, 6.07) is 0.227. The van der Waals surface area contributed by atoms with E-state index in [1.807, 2.05) is 38.8 Å². The Morgan fingerprint density at radius 3 is 2.65 bits per heavy atom. The molecule has 0 N–H and O–H groups in total. The van der Waals surface area contributed by atoms with Crippen molar-refractivity contribution in [3.05, 3.63) is 0 Å². The number of hydrogen-bond acceptors (Lipinski definition) is 5. The molecule has 0 aromatic carbocycles. The molecule has 1 heterocycles. The lowest BCUT2D eigenvalue weighted by Gasteiger charge is -2.21. The number of rotatable bonds is 3. The summed E-state index contributed by atoms with van der Waals surface area (Å²) in [6.45, 7) is 8.18. The van der Waals surface area contributed by atoms with E-state index < -0.39 is 0 Å². The summed E-state index contributed by atoms with van der Waals surface area (Å²) in [4.78, 5) is 5.76. The summed E-state index contributed by atoms with van der Waals surface area (Å²) in [5, 5.41) is 17.7. The van der Waals surface area contributed by atoms with Gasteiger partial charge in [-0.2, -0.15) is 15.4 Å². The lowest BCUT2D eigenvalue weighted by atomic mass is 10.3. The smallest absolute Gasteiger partial charge is 0.207 e. The summed E-state index contributed by atoms with van der Waals surface area (Å²) in [7, 11) is 0. The summed E-state index contributed by atoms with van der Waals surface area (Å²) in [6.07, 6.45) is 3.63. The minimum absolute atomic E-state index is 0.227. The summed E-state index contributed by atoms with van der Waals surface area (Å²) in [5.41, 5.74) is 0. The van der Waals surface area contributed by atoms with Crippen molar-refractivity contribution in [2.75, 3.05) is 5.75 Å². The van der Waals surface area contributed by atoms with Gasteiger partial charge in [0, 0.05) is 12.3 Å². The maximum atomic E-state index is 8.62. The Kier molecular flexibility index (Phi) is 5.16. The molecule has 0 bridgehead atoms. The number of aliphatic imine (C=N–C) groups is 1. The third kappa shape index (κ3) is 3.86. The Morgan fingerprint density at radius 1 is 1.41 bits per heavy atom. The van der Waals surface area contributed by atoms with Gasteiger partial charge in [-0.1, -0.05) is 25.6 Å². The molecular formula is C11H17N5S. The van der Waals surface area contributed by atoms with E-state index in [0.717, 1.165) is 11.0 Å². The van der Waals surface area contributed by atoms with Crippen molar-refractivity contribution in [2.45, 2.75) is 33.7 Å². The molecule has 17 heavy (non-hydrogen) atoms. The van der Waals surface area contributed by atoms with Crippen molar-refractivity contribution in [3.63, 3.8) is 0 Å². The Balaban J connectivity index is 2.88. The van der Waals surface area contributed by atoms with Crippen LogP contribution >= 0.6 is 11.8 Å². The maximum absolute atomic E-state index is 8.62. The van der Waals surface area contributed by atoms with Crippen molar-refractivity contribution < 1.29 is 0 Å². The van der Waals surface area contributed by atoms with E-state index in [-0.39, 0.29) is 6.04 Å². The van der Waals surface area contributed by atoms with Gasteiger partial charge in [0.1, 0.15) is 5.84 Å². The lowest BCUT2D eigenvalue weighted by Crippen LogP contribution is -2.35. The SMILES string of the molecule is CC(C)/C=N/N=C1\SCC(=NC#N)N1C(C)C. The third-order valence-electron chi connectivity index (χ3n) is 2.02. The zero-order valence-corrected chi connectivity index (χ0v) is 11.4. The molecule has 6 heteroatoms. The molecular weight excluding hydrogens is 234 g/mol. The number of nitrogens with zero attached hydrogens (tertiary/aromatic N) is 5. The molecule has 0 aromatic rings. The molecule has 1 saturated heterocycles. The molecule has 0 spiro atoms. The van der Waals surface area contributed by atoms with Crippen LogP contribution < -0.4 is 0 Å². The van der Waals surface area contributed by atoms with E-state index in [4.69, 9.17) is 5.26 Å². The van der Waals surface area contributed by atoms with Gasteiger partial charge < -0.3 is 4.90 Å². The fourth-order valence-electron chi connectivity index (χ4n) is 1.33. The highest BCUT2D eigenvalue weighted by Gasteiger charge is 2.28. The average Bonchev–Trinajstić information content (AvgIpc) is 2.61. The molecule has 0 aliphatic carbocycles. The highest BCUT2D eigenvalue weighted by molar-refractivity contribution is 8.15. The van der Waals surface area contributed by atoms with Crippen molar-refractivity contribution in [3.8, 4) is 6.19 Å². The zero-order valence-electron chi connectivity index (χ0n) is 10.6. The van der Waals surface area contributed by atoms with Crippen molar-refractivity contribution in [2.24, 2.45) is 21.1 Å². The fraction of sp³-hybridized carbons (Fsp3) is 0.636. The molecule has 92 valence electrons. The van der Waals surface area contributed by atoms with Crippen LogP contribution in [0, 0.1) is 17.4 Å². The predicted molar refractivity (Wildman–Crippen MR) is 73.2 cm³/mol. The standard InChI is InChI=1S/C11H17N5S/c1-8(2)5-14-15-11-16(9(3)4)10(6-17-11)13-7-12/h5,8-9H,6H2,1-4H3/b13-10?,14-5+,15-11-. The zero-order chi connectivity index (χ0) is 12.8. The highest BCUT2D eigenvalue weighted by Crippen LogP contribution is 2.23. The Bertz CT molecular complexity index is 389. The second-order valence-electron chi connectivity index (χ2n) is 4.27. The van der Waals surface area contributed by atoms with Crippen LogP contribution in [0.1, 0.15) is 27.7 Å². The van der Waals surface area contributed by atoms with Crippen LogP contribution in [0.3, 0.4) is 0 Å². The lowest BCUT2D eigenvalue weighted by molar-refractivity contribution is 0.509. The number of nitriles is 1. The number of hydrogen-bond donors (Lipinski definition) is 0. The van der Waals surface area contributed by atoms with Crippen LogP contribution in [-0.2, 0) is 0 Å². The van der Waals surface area contributed by atoms with Gasteiger partial charge in [0.15, 0.2) is 5.17 Å². The normalized spacial score (nSPS) is 21.4. The second-order valence-corrected chi connectivity index (χ2v) is 5.21. The van der Waals surface area contributed by atoms with Gasteiger partial charge in [-0.05, 0) is 19.8 Å². The van der Waals surface area contributed by atoms with Gasteiger partial charge in [0.05, 0.1) is 5.75 Å². The molecule has 0 atom stereocenters. The second kappa shape index (κ2) is 6.40. The first-order valence-electron chi connectivity index (χ1n) is 5.55. The van der Waals surface area contributed by atoms with Crippen LogP contribution in [0.5, 0.6) is 0 Å². The van der Waals surface area contributed by atoms with E-state index in [9.17, 15) is 0 Å². The molecule has 0 radical (unpaired) electrons. The highest BCUT2D eigenvalue weighted by atomic mass is 32.2. The largest absolute Gasteiger partial charge is 0.304 e. The molecule has 1 aliphatic rings. The minimum atomic E-state index is 0.227. The molecule has 0 aromatic heterocycles. The van der Waals surface area contributed by atoms with Gasteiger partial charge in [-0.15, -0.1) is 5.10 Å². The summed E-state index contributed by atoms with van der Waals surface area (Å²) >= 11 is 1.56. The summed E-state index contributed by atoms with van der Waals surface area (Å²) in [5.74, 6) is 1.82.